The van der Waals surface area contributed by atoms with Crippen molar-refractivity contribution in [2.45, 2.75) is 104 Å². The quantitative estimate of drug-likeness (QED) is 0.200. The summed E-state index contributed by atoms with van der Waals surface area (Å²) in [5.74, 6) is 0. The van der Waals surface area contributed by atoms with E-state index in [1.807, 2.05) is 18.3 Å². The normalized spacial score (nSPS) is 12.5. The second kappa shape index (κ2) is 14.4. The Kier molecular flexibility index (Phi) is 13.2. The molecule has 162 valence electrons. The summed E-state index contributed by atoms with van der Waals surface area (Å²) in [6.07, 6.45) is 17.1. The Morgan fingerprint density at radius 1 is 0.786 bits per heavy atom. The van der Waals surface area contributed by atoms with Crippen molar-refractivity contribution in [3.63, 3.8) is 0 Å². The minimum absolute atomic E-state index is 0.552. The zero-order chi connectivity index (χ0) is 20.7. The van der Waals surface area contributed by atoms with Gasteiger partial charge in [0.1, 0.15) is 0 Å². The molecule has 0 aromatic carbocycles. The summed E-state index contributed by atoms with van der Waals surface area (Å²) in [4.78, 5) is 4.13. The first kappa shape index (κ1) is 25.5. The van der Waals surface area contributed by atoms with Crippen molar-refractivity contribution in [1.82, 2.24) is 4.98 Å². The first-order valence-electron chi connectivity index (χ1n) is 11.2. The maximum absolute atomic E-state index is 6.35. The van der Waals surface area contributed by atoms with Crippen LogP contribution in [0.5, 0.6) is 0 Å². The molecule has 4 nitrogen and oxygen atoms in total. The van der Waals surface area contributed by atoms with E-state index in [0.717, 1.165) is 18.6 Å². The van der Waals surface area contributed by atoms with Gasteiger partial charge in [-0.1, -0.05) is 70.8 Å². The van der Waals surface area contributed by atoms with Gasteiger partial charge in [-0.25, -0.2) is 0 Å². The summed E-state index contributed by atoms with van der Waals surface area (Å²) < 4.78 is 18.6. The number of rotatable bonds is 17. The monoisotopic (exact) mass is 425 g/mol. The van der Waals surface area contributed by atoms with Crippen molar-refractivity contribution in [1.29, 1.82) is 0 Å². The molecule has 0 saturated heterocycles. The van der Waals surface area contributed by atoms with Crippen molar-refractivity contribution in [2.24, 2.45) is 0 Å². The van der Waals surface area contributed by atoms with Gasteiger partial charge in [0.2, 0.25) is 0 Å². The summed E-state index contributed by atoms with van der Waals surface area (Å²) in [5.41, 5.74) is 1.08. The molecule has 1 rings (SSSR count). The minimum atomic E-state index is -2.21. The fourth-order valence-electron chi connectivity index (χ4n) is 3.30. The van der Waals surface area contributed by atoms with E-state index < -0.39 is 17.1 Å². The average Bonchev–Trinajstić information content (AvgIpc) is 2.64. The van der Waals surface area contributed by atoms with E-state index in [1.165, 1.54) is 57.8 Å². The van der Waals surface area contributed by atoms with E-state index in [9.17, 15) is 0 Å². The molecule has 0 N–H and O–H groups in total. The zero-order valence-electron chi connectivity index (χ0n) is 19.0. The van der Waals surface area contributed by atoms with Crippen molar-refractivity contribution in [3.05, 3.63) is 30.1 Å². The number of hydrogen-bond donors (Lipinski definition) is 0. The molecule has 1 aromatic rings. The molecule has 0 aliphatic carbocycles. The highest BCUT2D eigenvalue weighted by molar-refractivity contribution is 6.78. The van der Waals surface area contributed by atoms with E-state index in [1.54, 1.807) is 6.20 Å². The highest BCUT2D eigenvalue weighted by Gasteiger charge is 2.36. The van der Waals surface area contributed by atoms with Gasteiger partial charge in [0.05, 0.1) is 6.61 Å². The molecule has 0 aliphatic heterocycles. The smallest absolute Gasteiger partial charge is 0.323 e. The third-order valence-corrected chi connectivity index (χ3v) is 10.4. The van der Waals surface area contributed by atoms with Gasteiger partial charge in [-0.3, -0.25) is 4.98 Å². The second-order valence-corrected chi connectivity index (χ2v) is 15.6. The van der Waals surface area contributed by atoms with Gasteiger partial charge in [0.15, 0.2) is 0 Å². The van der Waals surface area contributed by atoms with Crippen molar-refractivity contribution in [2.75, 3.05) is 6.61 Å². The number of nitrogens with zero attached hydrogens (tertiary/aromatic N) is 1. The molecule has 0 fully saturated rings. The number of aromatic nitrogens is 1. The van der Waals surface area contributed by atoms with Crippen LogP contribution in [0.15, 0.2) is 24.5 Å². The van der Waals surface area contributed by atoms with Crippen LogP contribution in [0.4, 0.5) is 0 Å². The molecule has 0 aliphatic rings. The SMILES string of the molecule is CCCCCCCCCCCCO[Si](C)(C)O[Si](C)(C)OCc1cccnc1. The van der Waals surface area contributed by atoms with Gasteiger partial charge >= 0.3 is 17.1 Å². The highest BCUT2D eigenvalue weighted by Crippen LogP contribution is 2.19. The Bertz CT molecular complexity index is 498. The van der Waals surface area contributed by atoms with Crippen LogP contribution in [0, 0.1) is 0 Å². The van der Waals surface area contributed by atoms with E-state index in [0.29, 0.717) is 6.61 Å². The summed E-state index contributed by atoms with van der Waals surface area (Å²) in [5, 5.41) is 0. The van der Waals surface area contributed by atoms with Crippen LogP contribution < -0.4 is 0 Å². The predicted molar refractivity (Wildman–Crippen MR) is 123 cm³/mol. The van der Waals surface area contributed by atoms with E-state index in [4.69, 9.17) is 13.0 Å². The van der Waals surface area contributed by atoms with Crippen LogP contribution in [0.25, 0.3) is 0 Å². The molecular weight excluding hydrogens is 382 g/mol. The maximum Gasteiger partial charge on any atom is 0.323 e. The van der Waals surface area contributed by atoms with Gasteiger partial charge in [-0.2, -0.15) is 0 Å². The molecule has 0 bridgehead atoms. The van der Waals surface area contributed by atoms with Crippen LogP contribution in [0.2, 0.25) is 26.2 Å². The molecular formula is C22H43NO3Si2. The lowest BCUT2D eigenvalue weighted by Gasteiger charge is -2.32. The van der Waals surface area contributed by atoms with Crippen molar-refractivity contribution >= 4 is 17.1 Å². The van der Waals surface area contributed by atoms with Crippen LogP contribution in [-0.2, 0) is 19.6 Å². The molecule has 28 heavy (non-hydrogen) atoms. The van der Waals surface area contributed by atoms with Crippen molar-refractivity contribution < 1.29 is 13.0 Å². The summed E-state index contributed by atoms with van der Waals surface area (Å²) in [6.45, 7) is 12.1. The fourth-order valence-corrected chi connectivity index (χ4v) is 9.66. The average molecular weight is 426 g/mol. The Morgan fingerprint density at radius 2 is 1.36 bits per heavy atom. The van der Waals surface area contributed by atoms with Crippen LogP contribution in [0.3, 0.4) is 0 Å². The van der Waals surface area contributed by atoms with Gasteiger partial charge in [-0.15, -0.1) is 0 Å². The Morgan fingerprint density at radius 3 is 1.93 bits per heavy atom. The molecule has 0 saturated carbocycles. The Hall–Kier alpha value is -0.536. The number of hydrogen-bond acceptors (Lipinski definition) is 4. The van der Waals surface area contributed by atoms with Gasteiger partial charge in [-0.05, 0) is 44.2 Å². The largest absolute Gasteiger partial charge is 0.415 e. The van der Waals surface area contributed by atoms with E-state index in [2.05, 4.69) is 38.1 Å². The Labute approximate surface area is 175 Å². The van der Waals surface area contributed by atoms with Crippen molar-refractivity contribution in [3.8, 4) is 0 Å². The maximum atomic E-state index is 6.35. The molecule has 0 amide bonds. The summed E-state index contributed by atoms with van der Waals surface area (Å²) in [7, 11) is -4.36. The predicted octanol–water partition coefficient (Wildman–Crippen LogP) is 6.96. The lowest BCUT2D eigenvalue weighted by atomic mass is 10.1. The van der Waals surface area contributed by atoms with Crippen LogP contribution in [0.1, 0.15) is 76.7 Å². The topological polar surface area (TPSA) is 40.6 Å². The lowest BCUT2D eigenvalue weighted by molar-refractivity contribution is 0.187. The molecule has 0 radical (unpaired) electrons. The second-order valence-electron chi connectivity index (χ2n) is 8.58. The fraction of sp³-hybridized carbons (Fsp3) is 0.773. The standard InChI is InChI=1S/C22H43NO3Si2/c1-6-7-8-9-10-11-12-13-14-15-19-24-27(2,3)26-28(4,5)25-21-22-17-16-18-23-20-22/h16-18,20H,6-15,19,21H2,1-5H3. The molecule has 1 heterocycles. The third-order valence-electron chi connectivity index (χ3n) is 4.75. The highest BCUT2D eigenvalue weighted by atomic mass is 28.5. The number of unbranched alkanes of at least 4 members (excludes halogenated alkanes) is 9. The molecule has 0 unspecified atom stereocenters. The lowest BCUT2D eigenvalue weighted by Crippen LogP contribution is -2.48. The van der Waals surface area contributed by atoms with Gasteiger partial charge in [0, 0.05) is 19.0 Å². The van der Waals surface area contributed by atoms with Crippen LogP contribution >= 0.6 is 0 Å². The minimum Gasteiger partial charge on any atom is -0.415 e. The first-order valence-corrected chi connectivity index (χ1v) is 16.8. The van der Waals surface area contributed by atoms with E-state index >= 15 is 0 Å². The first-order chi connectivity index (χ1) is 13.3. The van der Waals surface area contributed by atoms with Gasteiger partial charge < -0.3 is 13.0 Å². The Balaban J connectivity index is 2.09. The van der Waals surface area contributed by atoms with E-state index in [-0.39, 0.29) is 0 Å². The molecule has 0 atom stereocenters. The number of pyridine rings is 1. The summed E-state index contributed by atoms with van der Waals surface area (Å²) in [6, 6.07) is 3.96. The summed E-state index contributed by atoms with van der Waals surface area (Å²) >= 11 is 0. The molecule has 1 aromatic heterocycles. The van der Waals surface area contributed by atoms with Crippen LogP contribution in [-0.4, -0.2) is 28.7 Å². The zero-order valence-corrected chi connectivity index (χ0v) is 21.0. The molecule has 6 heteroatoms. The third kappa shape index (κ3) is 13.6. The van der Waals surface area contributed by atoms with Gasteiger partial charge in [0.25, 0.3) is 0 Å². The molecule has 0 spiro atoms.